The number of hydrogen-bond acceptors (Lipinski definition) is 3. The summed E-state index contributed by atoms with van der Waals surface area (Å²) in [5, 5.41) is 2.08. The van der Waals surface area contributed by atoms with E-state index < -0.39 is 7.82 Å². The summed E-state index contributed by atoms with van der Waals surface area (Å²) in [4.78, 5) is 10.5. The van der Waals surface area contributed by atoms with Gasteiger partial charge in [0, 0.05) is 17.1 Å². The van der Waals surface area contributed by atoms with Crippen molar-refractivity contribution >= 4 is 24.2 Å². The van der Waals surface area contributed by atoms with Crippen molar-refractivity contribution in [1.82, 2.24) is 0 Å². The van der Waals surface area contributed by atoms with Crippen LogP contribution in [-0.2, 0) is 21.9 Å². The fourth-order valence-corrected chi connectivity index (χ4v) is 5.39. The van der Waals surface area contributed by atoms with Crippen LogP contribution in [0.2, 0.25) is 0 Å². The summed E-state index contributed by atoms with van der Waals surface area (Å²) in [5.74, 6) is 0.978. The molecular formula is C23H21O4P. The number of aryl methyl sites for hydroxylation is 1. The van der Waals surface area contributed by atoms with Crippen LogP contribution in [0.3, 0.4) is 0 Å². The number of phosphoric ester groups is 1. The van der Waals surface area contributed by atoms with Crippen LogP contribution in [0.15, 0.2) is 60.4 Å². The second-order valence-corrected chi connectivity index (χ2v) is 8.77. The monoisotopic (exact) mass is 392 g/mol. The van der Waals surface area contributed by atoms with Crippen molar-refractivity contribution in [2.45, 2.75) is 26.7 Å². The van der Waals surface area contributed by atoms with Gasteiger partial charge < -0.3 is 9.05 Å². The van der Waals surface area contributed by atoms with Crippen molar-refractivity contribution in [2.75, 3.05) is 0 Å². The Labute approximate surface area is 164 Å². The first-order valence-electron chi connectivity index (χ1n) is 9.58. The molecule has 3 aromatic carbocycles. The molecule has 0 saturated carbocycles. The lowest BCUT2D eigenvalue weighted by Crippen LogP contribution is -2.15. The van der Waals surface area contributed by atoms with Crippen LogP contribution in [0.1, 0.15) is 36.1 Å². The van der Waals surface area contributed by atoms with Gasteiger partial charge in [-0.25, -0.2) is 4.57 Å². The van der Waals surface area contributed by atoms with E-state index in [4.69, 9.17) is 9.05 Å². The average molecular weight is 392 g/mol. The second kappa shape index (κ2) is 6.23. The molecule has 2 atom stereocenters. The number of phosphoric acid groups is 1. The lowest BCUT2D eigenvalue weighted by molar-refractivity contribution is 0.233. The van der Waals surface area contributed by atoms with Crippen LogP contribution in [-0.4, -0.2) is 4.89 Å². The van der Waals surface area contributed by atoms with Crippen LogP contribution in [0.25, 0.3) is 16.3 Å². The van der Waals surface area contributed by atoms with Crippen LogP contribution in [0.4, 0.5) is 0 Å². The third-order valence-corrected chi connectivity index (χ3v) is 6.48. The molecule has 0 spiro atoms. The quantitative estimate of drug-likeness (QED) is 0.527. The van der Waals surface area contributed by atoms with Gasteiger partial charge in [-0.2, -0.15) is 0 Å². The van der Waals surface area contributed by atoms with E-state index in [0.29, 0.717) is 17.9 Å². The maximum atomic E-state index is 12.8. The molecule has 3 aromatic rings. The molecule has 5 rings (SSSR count). The Morgan fingerprint density at radius 2 is 1.86 bits per heavy atom. The summed E-state index contributed by atoms with van der Waals surface area (Å²) < 4.78 is 24.2. The van der Waals surface area contributed by atoms with Gasteiger partial charge in [-0.1, -0.05) is 62.4 Å². The van der Waals surface area contributed by atoms with E-state index in [1.165, 1.54) is 5.56 Å². The van der Waals surface area contributed by atoms with Gasteiger partial charge in [-0.3, -0.25) is 4.89 Å². The van der Waals surface area contributed by atoms with Gasteiger partial charge in [-0.15, -0.1) is 0 Å². The molecule has 0 saturated heterocycles. The van der Waals surface area contributed by atoms with Gasteiger partial charge in [0.15, 0.2) is 0 Å². The first-order chi connectivity index (χ1) is 13.5. The lowest BCUT2D eigenvalue weighted by atomic mass is 9.79. The summed E-state index contributed by atoms with van der Waals surface area (Å²) in [6, 6.07) is 18.3. The highest BCUT2D eigenvalue weighted by Crippen LogP contribution is 2.58. The minimum absolute atomic E-state index is 0.0241. The van der Waals surface area contributed by atoms with Crippen molar-refractivity contribution in [1.29, 1.82) is 0 Å². The minimum Gasteiger partial charge on any atom is -0.399 e. The molecule has 2 aliphatic rings. The molecule has 4 nitrogen and oxygen atoms in total. The molecule has 5 heteroatoms. The van der Waals surface area contributed by atoms with E-state index in [1.54, 1.807) is 0 Å². The molecular weight excluding hydrogens is 371 g/mol. The number of rotatable bonds is 1. The third kappa shape index (κ3) is 2.60. The molecule has 28 heavy (non-hydrogen) atoms. The highest BCUT2D eigenvalue weighted by atomic mass is 31.2. The average Bonchev–Trinajstić information content (AvgIpc) is 2.81. The summed E-state index contributed by atoms with van der Waals surface area (Å²) in [5.41, 5.74) is 4.89. The lowest BCUT2D eigenvalue weighted by Gasteiger charge is -2.27. The molecule has 142 valence electrons. The van der Waals surface area contributed by atoms with Gasteiger partial charge >= 0.3 is 7.82 Å². The zero-order valence-corrected chi connectivity index (χ0v) is 16.7. The number of benzene rings is 3. The maximum Gasteiger partial charge on any atom is 0.584 e. The molecule has 0 radical (unpaired) electrons. The highest BCUT2D eigenvalue weighted by molar-refractivity contribution is 7.48. The topological polar surface area (TPSA) is 55.8 Å². The van der Waals surface area contributed by atoms with E-state index in [2.05, 4.69) is 18.2 Å². The fourth-order valence-electron chi connectivity index (χ4n) is 4.40. The predicted molar refractivity (Wildman–Crippen MR) is 110 cm³/mol. The van der Waals surface area contributed by atoms with Crippen LogP contribution in [0.5, 0.6) is 5.75 Å². The van der Waals surface area contributed by atoms with E-state index >= 15 is 0 Å². The van der Waals surface area contributed by atoms with Crippen LogP contribution in [0, 0.1) is 5.92 Å². The van der Waals surface area contributed by atoms with Crippen molar-refractivity contribution in [3.05, 3.63) is 82.6 Å². The molecule has 2 unspecified atom stereocenters. The Kier molecular flexibility index (Phi) is 3.90. The van der Waals surface area contributed by atoms with Crippen molar-refractivity contribution in [2.24, 2.45) is 5.92 Å². The Hall–Kier alpha value is -2.55. The molecule has 0 amide bonds. The standard InChI is InChI=1S/C23H21O4P/c1-3-15-13-17-9-5-7-11-19(17)21-20-18-10-6-4-8-16(18)12-14(2)22(20)26-28(24,25)27-23(15)21/h4-11,13-14H,3,12H2,1-2H3,(H,24,25). The normalized spacial score (nSPS) is 23.2. The largest absolute Gasteiger partial charge is 0.584 e. The SMILES string of the molecule is CCc1cc2ccccc2c2c1OP(=O)(O)OC1=C2c2ccccc2CC1C. The van der Waals surface area contributed by atoms with Gasteiger partial charge in [0.2, 0.25) is 0 Å². The van der Waals surface area contributed by atoms with Gasteiger partial charge in [0.25, 0.3) is 0 Å². The molecule has 0 bridgehead atoms. The molecule has 1 aliphatic heterocycles. The Morgan fingerprint density at radius 1 is 1.11 bits per heavy atom. The highest BCUT2D eigenvalue weighted by Gasteiger charge is 2.40. The Bertz CT molecular complexity index is 1190. The predicted octanol–water partition coefficient (Wildman–Crippen LogP) is 5.86. The van der Waals surface area contributed by atoms with Gasteiger partial charge in [-0.05, 0) is 46.4 Å². The molecule has 1 N–H and O–H groups in total. The molecule has 0 aromatic heterocycles. The zero-order chi connectivity index (χ0) is 19.5. The third-order valence-electron chi connectivity index (χ3n) is 5.64. The first-order valence-corrected chi connectivity index (χ1v) is 11.1. The van der Waals surface area contributed by atoms with E-state index in [1.807, 2.05) is 50.2 Å². The van der Waals surface area contributed by atoms with Crippen LogP contribution < -0.4 is 4.52 Å². The Balaban J connectivity index is 1.98. The number of hydrogen-bond donors (Lipinski definition) is 1. The van der Waals surface area contributed by atoms with Crippen molar-refractivity contribution < 1.29 is 18.5 Å². The zero-order valence-electron chi connectivity index (χ0n) is 15.8. The van der Waals surface area contributed by atoms with Gasteiger partial charge in [0.1, 0.15) is 11.5 Å². The van der Waals surface area contributed by atoms with E-state index in [-0.39, 0.29) is 5.92 Å². The maximum absolute atomic E-state index is 12.8. The van der Waals surface area contributed by atoms with E-state index in [9.17, 15) is 9.46 Å². The van der Waals surface area contributed by atoms with Crippen molar-refractivity contribution in [3.63, 3.8) is 0 Å². The van der Waals surface area contributed by atoms with E-state index in [0.717, 1.165) is 39.5 Å². The molecule has 1 aliphatic carbocycles. The summed E-state index contributed by atoms with van der Waals surface area (Å²) >= 11 is 0. The smallest absolute Gasteiger partial charge is 0.399 e. The second-order valence-electron chi connectivity index (χ2n) is 7.47. The molecule has 0 fully saturated rings. The summed E-state index contributed by atoms with van der Waals surface area (Å²) in [6.07, 6.45) is 1.45. The summed E-state index contributed by atoms with van der Waals surface area (Å²) in [7, 11) is -4.28. The number of allylic oxidation sites excluding steroid dienone is 1. The minimum atomic E-state index is -4.28. The number of fused-ring (bicyclic) bond motifs is 6. The first kappa shape index (κ1) is 17.5. The Morgan fingerprint density at radius 3 is 2.68 bits per heavy atom. The van der Waals surface area contributed by atoms with Crippen LogP contribution >= 0.6 is 7.82 Å². The van der Waals surface area contributed by atoms with Gasteiger partial charge in [0.05, 0.1) is 0 Å². The summed E-state index contributed by atoms with van der Waals surface area (Å²) in [6.45, 7) is 4.05. The molecule has 1 heterocycles. The fraction of sp³-hybridized carbons (Fsp3) is 0.217. The van der Waals surface area contributed by atoms with Crippen molar-refractivity contribution in [3.8, 4) is 5.75 Å².